The van der Waals surface area contributed by atoms with E-state index in [1.807, 2.05) is 32.9 Å². The molecule has 2 aromatic rings. The Morgan fingerprint density at radius 1 is 1.05 bits per heavy atom. The Balaban J connectivity index is 0.00000220. The fraction of sp³-hybridized carbons (Fsp3) is 0.188. The molecule has 104 valence electrons. The van der Waals surface area contributed by atoms with Crippen molar-refractivity contribution in [3.8, 4) is 0 Å². The van der Waals surface area contributed by atoms with E-state index in [1.54, 1.807) is 18.2 Å². The fourth-order valence-electron chi connectivity index (χ4n) is 2.53. The Hall–Kier alpha value is -1.10. The van der Waals surface area contributed by atoms with Gasteiger partial charge in [-0.25, -0.2) is 0 Å². The summed E-state index contributed by atoms with van der Waals surface area (Å²) >= 11 is 0. The molecule has 0 saturated heterocycles. The number of carbonyl (C=O) groups excluding carboxylic acids is 1. The molecule has 0 N–H and O–H groups in total. The first kappa shape index (κ1) is 17.9. The molecule has 0 aliphatic rings. The van der Waals surface area contributed by atoms with Gasteiger partial charge in [-0.3, -0.25) is 4.79 Å². The Labute approximate surface area is 137 Å². The molecule has 5 heteroatoms. The van der Waals surface area contributed by atoms with E-state index in [0.717, 1.165) is 16.7 Å². The van der Waals surface area contributed by atoms with Gasteiger partial charge in [-0.15, -0.1) is 0 Å². The van der Waals surface area contributed by atoms with Crippen LogP contribution in [0.4, 0.5) is 0 Å². The summed E-state index contributed by atoms with van der Waals surface area (Å²) in [6, 6.07) is 10.2. The zero-order valence-corrected chi connectivity index (χ0v) is 13.7. The van der Waals surface area contributed by atoms with E-state index in [-0.39, 0.29) is 35.5 Å². The molecule has 0 amide bonds. The molecule has 0 aromatic heterocycles. The smallest absolute Gasteiger partial charge is 0.798 e. The van der Waals surface area contributed by atoms with E-state index in [0.29, 0.717) is 5.56 Å². The molecule has 0 bridgehead atoms. The molecule has 21 heavy (non-hydrogen) atoms. The maximum Gasteiger partial charge on any atom is 1.00 e. The van der Waals surface area contributed by atoms with E-state index in [9.17, 15) is 14.3 Å². The van der Waals surface area contributed by atoms with Crippen molar-refractivity contribution in [1.29, 1.82) is 0 Å². The summed E-state index contributed by atoms with van der Waals surface area (Å²) in [6.07, 6.45) is 0. The molecule has 0 spiro atoms. The zero-order valence-electron chi connectivity index (χ0n) is 12.7. The molecule has 0 aliphatic heterocycles. The molecule has 0 aliphatic carbocycles. The van der Waals surface area contributed by atoms with Crippen LogP contribution in [-0.2, 0) is 4.57 Å². The van der Waals surface area contributed by atoms with Gasteiger partial charge in [0.25, 0.3) is 0 Å². The Kier molecular flexibility index (Phi) is 6.20. The predicted molar refractivity (Wildman–Crippen MR) is 79.2 cm³/mol. The van der Waals surface area contributed by atoms with Crippen molar-refractivity contribution < 1.29 is 33.1 Å². The van der Waals surface area contributed by atoms with Crippen molar-refractivity contribution in [3.63, 3.8) is 0 Å². The summed E-state index contributed by atoms with van der Waals surface area (Å²) in [6.45, 7) is 5.71. The molecule has 1 unspecified atom stereocenters. The minimum atomic E-state index is -3.15. The van der Waals surface area contributed by atoms with Crippen molar-refractivity contribution in [2.45, 2.75) is 20.8 Å². The summed E-state index contributed by atoms with van der Waals surface area (Å²) < 4.78 is 11.3. The standard InChI is InChI=1S/C16H17O3P.Li/c1-10-8-11(2)15(12(3)9-10)16(17)13-6-4-5-7-14(13)20(18)19;/h4-9,20H,1-3H3,(H,18,19);/q;+1/p-1. The number of hydrogen-bond donors (Lipinski definition) is 0. The maximum atomic E-state index is 12.7. The monoisotopic (exact) mass is 294 g/mol. The summed E-state index contributed by atoms with van der Waals surface area (Å²) in [7, 11) is -3.15. The number of aryl methyl sites for hydroxylation is 3. The summed E-state index contributed by atoms with van der Waals surface area (Å²) in [5.74, 6) is -0.232. The minimum absolute atomic E-state index is 0. The topological polar surface area (TPSA) is 57.2 Å². The van der Waals surface area contributed by atoms with Gasteiger partial charge in [-0.05, 0) is 31.9 Å². The van der Waals surface area contributed by atoms with Crippen molar-refractivity contribution in [2.75, 3.05) is 0 Å². The van der Waals surface area contributed by atoms with Crippen LogP contribution in [0.3, 0.4) is 0 Å². The van der Waals surface area contributed by atoms with Crippen molar-refractivity contribution >= 4 is 19.1 Å². The second-order valence-corrected chi connectivity index (χ2v) is 6.05. The van der Waals surface area contributed by atoms with Gasteiger partial charge in [-0.1, -0.05) is 42.0 Å². The second kappa shape index (κ2) is 7.25. The van der Waals surface area contributed by atoms with Crippen molar-refractivity contribution in [2.24, 2.45) is 0 Å². The van der Waals surface area contributed by atoms with Crippen LogP contribution < -0.4 is 29.1 Å². The number of ketones is 1. The van der Waals surface area contributed by atoms with Crippen LogP contribution in [0.25, 0.3) is 0 Å². The molecular formula is C16H16LiO3P. The number of rotatable bonds is 3. The van der Waals surface area contributed by atoms with E-state index in [1.165, 1.54) is 6.07 Å². The van der Waals surface area contributed by atoms with Crippen LogP contribution in [0.5, 0.6) is 0 Å². The third-order valence-corrected chi connectivity index (χ3v) is 4.17. The molecule has 0 saturated carbocycles. The molecule has 1 atom stereocenters. The second-order valence-electron chi connectivity index (χ2n) is 4.94. The zero-order chi connectivity index (χ0) is 14.9. The molecule has 2 aromatic carbocycles. The average molecular weight is 294 g/mol. The largest absolute Gasteiger partial charge is 1.00 e. The first-order valence-corrected chi connectivity index (χ1v) is 7.66. The van der Waals surface area contributed by atoms with Gasteiger partial charge in [0.05, 0.1) is 0 Å². The normalized spacial score (nSPS) is 11.6. The van der Waals surface area contributed by atoms with Gasteiger partial charge < -0.3 is 9.46 Å². The van der Waals surface area contributed by atoms with Gasteiger partial charge in [0, 0.05) is 24.5 Å². The summed E-state index contributed by atoms with van der Waals surface area (Å²) in [5, 5.41) is 0.113. The minimum Gasteiger partial charge on any atom is -0.798 e. The molecule has 3 nitrogen and oxygen atoms in total. The molecule has 0 radical (unpaired) electrons. The van der Waals surface area contributed by atoms with Crippen LogP contribution in [-0.4, -0.2) is 5.78 Å². The third-order valence-electron chi connectivity index (χ3n) is 3.30. The first-order chi connectivity index (χ1) is 9.41. The van der Waals surface area contributed by atoms with Crippen LogP contribution in [0.2, 0.25) is 0 Å². The molecular weight excluding hydrogens is 278 g/mol. The Morgan fingerprint density at radius 2 is 1.57 bits per heavy atom. The third kappa shape index (κ3) is 3.76. The van der Waals surface area contributed by atoms with Gasteiger partial charge in [0.1, 0.15) is 0 Å². The van der Waals surface area contributed by atoms with Gasteiger partial charge >= 0.3 is 18.9 Å². The quantitative estimate of drug-likeness (QED) is 0.428. The van der Waals surface area contributed by atoms with Crippen molar-refractivity contribution in [3.05, 3.63) is 64.2 Å². The van der Waals surface area contributed by atoms with Crippen LogP contribution in [0.15, 0.2) is 36.4 Å². The van der Waals surface area contributed by atoms with Crippen LogP contribution in [0.1, 0.15) is 32.6 Å². The maximum absolute atomic E-state index is 12.7. The average Bonchev–Trinajstić information content (AvgIpc) is 2.37. The van der Waals surface area contributed by atoms with Gasteiger partial charge in [0.2, 0.25) is 0 Å². The van der Waals surface area contributed by atoms with Crippen LogP contribution >= 0.6 is 8.03 Å². The Bertz CT molecular complexity index is 687. The van der Waals surface area contributed by atoms with Crippen molar-refractivity contribution in [1.82, 2.24) is 0 Å². The predicted octanol–water partition coefficient (Wildman–Crippen LogP) is -0.693. The van der Waals surface area contributed by atoms with Gasteiger partial charge in [0.15, 0.2) is 5.78 Å². The fourth-order valence-corrected chi connectivity index (χ4v) is 3.18. The van der Waals surface area contributed by atoms with E-state index < -0.39 is 8.03 Å². The first-order valence-electron chi connectivity index (χ1n) is 6.34. The number of hydrogen-bond acceptors (Lipinski definition) is 3. The van der Waals surface area contributed by atoms with Crippen LogP contribution in [0, 0.1) is 20.8 Å². The number of benzene rings is 2. The van der Waals surface area contributed by atoms with E-state index >= 15 is 0 Å². The number of carbonyl (C=O) groups is 1. The summed E-state index contributed by atoms with van der Waals surface area (Å²) in [4.78, 5) is 24.0. The molecule has 0 fully saturated rings. The van der Waals surface area contributed by atoms with Gasteiger partial charge in [-0.2, -0.15) is 0 Å². The SMILES string of the molecule is Cc1cc(C)c(C(=O)c2ccccc2[PH](=O)[O-])c(C)c1.[Li+]. The summed E-state index contributed by atoms with van der Waals surface area (Å²) in [5.41, 5.74) is 3.66. The molecule has 2 rings (SSSR count). The molecule has 0 heterocycles. The van der Waals surface area contributed by atoms with E-state index in [4.69, 9.17) is 0 Å². The van der Waals surface area contributed by atoms with E-state index in [2.05, 4.69) is 0 Å². The Morgan fingerprint density at radius 3 is 2.10 bits per heavy atom.